The van der Waals surface area contributed by atoms with Gasteiger partial charge in [0.1, 0.15) is 5.76 Å². The Morgan fingerprint density at radius 1 is 1.55 bits per heavy atom. The third kappa shape index (κ3) is 2.92. The molecule has 0 spiro atoms. The maximum atomic E-state index is 12.2. The Morgan fingerprint density at radius 2 is 2.25 bits per heavy atom. The second-order valence-electron chi connectivity index (χ2n) is 4.59. The number of aliphatic hydroxyl groups is 1. The van der Waals surface area contributed by atoms with Crippen LogP contribution in [0.15, 0.2) is 27.8 Å². The van der Waals surface area contributed by atoms with E-state index in [1.165, 1.54) is 18.5 Å². The van der Waals surface area contributed by atoms with Crippen LogP contribution < -0.4 is 4.72 Å². The van der Waals surface area contributed by atoms with Crippen LogP contribution in [0, 0.1) is 6.92 Å². The molecule has 0 aliphatic rings. The lowest BCUT2D eigenvalue weighted by Crippen LogP contribution is -2.26. The minimum absolute atomic E-state index is 0.0965. The van der Waals surface area contributed by atoms with Crippen molar-refractivity contribution in [3.8, 4) is 0 Å². The van der Waals surface area contributed by atoms with Crippen LogP contribution in [-0.2, 0) is 23.7 Å². The molecule has 0 fully saturated rings. The molecule has 2 heterocycles. The van der Waals surface area contributed by atoms with Gasteiger partial charge < -0.3 is 14.1 Å². The molecular formula is C12H17N3O4S. The van der Waals surface area contributed by atoms with Crippen molar-refractivity contribution in [3.63, 3.8) is 0 Å². The largest absolute Gasteiger partial charge is 0.444 e. The van der Waals surface area contributed by atoms with Gasteiger partial charge in [-0.3, -0.25) is 0 Å². The fourth-order valence-electron chi connectivity index (χ4n) is 1.80. The summed E-state index contributed by atoms with van der Waals surface area (Å²) in [5.41, 5.74) is 0.519. The maximum Gasteiger partial charge on any atom is 0.242 e. The van der Waals surface area contributed by atoms with Gasteiger partial charge in [-0.05, 0) is 19.9 Å². The van der Waals surface area contributed by atoms with Crippen LogP contribution in [0.4, 0.5) is 0 Å². The fourth-order valence-corrected chi connectivity index (χ4v) is 3.10. The van der Waals surface area contributed by atoms with Gasteiger partial charge in [-0.2, -0.15) is 4.72 Å². The summed E-state index contributed by atoms with van der Waals surface area (Å²) in [4.78, 5) is 4.09. The van der Waals surface area contributed by atoms with E-state index in [0.717, 1.165) is 0 Å². The molecule has 2 rings (SSSR count). The first kappa shape index (κ1) is 14.8. The fraction of sp³-hybridized carbons (Fsp3) is 0.417. The number of hydrogen-bond acceptors (Lipinski definition) is 5. The molecule has 110 valence electrons. The highest BCUT2D eigenvalue weighted by Crippen LogP contribution is 2.18. The predicted molar refractivity (Wildman–Crippen MR) is 71.3 cm³/mol. The molecule has 0 aliphatic carbocycles. The Balaban J connectivity index is 2.22. The lowest BCUT2D eigenvalue weighted by atomic mass is 10.4. The van der Waals surface area contributed by atoms with E-state index in [9.17, 15) is 8.42 Å². The molecule has 2 aromatic rings. The monoisotopic (exact) mass is 299 g/mol. The average molecular weight is 299 g/mol. The second kappa shape index (κ2) is 5.39. The highest BCUT2D eigenvalue weighted by Gasteiger charge is 2.22. The van der Waals surface area contributed by atoms with Crippen molar-refractivity contribution < 1.29 is 17.9 Å². The zero-order chi connectivity index (χ0) is 14.9. The van der Waals surface area contributed by atoms with Crippen molar-refractivity contribution in [2.24, 2.45) is 7.05 Å². The number of aryl methyl sites for hydroxylation is 2. The van der Waals surface area contributed by atoms with Crippen LogP contribution in [0.25, 0.3) is 0 Å². The number of aromatic nitrogens is 2. The standard InChI is InChI=1S/C12H17N3O4S/c1-8-5-13-12(19-8)9(2)14-20(17,18)11-4-10(7-16)15(3)6-11/h4-6,9,14,16H,7H2,1-3H3. The molecule has 0 amide bonds. The van der Waals surface area contributed by atoms with Gasteiger partial charge in [-0.15, -0.1) is 0 Å². The second-order valence-corrected chi connectivity index (χ2v) is 6.30. The molecule has 0 aromatic carbocycles. The Bertz CT molecular complexity index is 702. The summed E-state index contributed by atoms with van der Waals surface area (Å²) in [6.07, 6.45) is 2.98. The summed E-state index contributed by atoms with van der Waals surface area (Å²) in [7, 11) is -2.02. The van der Waals surface area contributed by atoms with Gasteiger partial charge in [0.05, 0.1) is 23.7 Å². The molecule has 1 atom stereocenters. The van der Waals surface area contributed by atoms with Crippen LogP contribution in [0.3, 0.4) is 0 Å². The first-order valence-corrected chi connectivity index (χ1v) is 7.52. The van der Waals surface area contributed by atoms with Crippen molar-refractivity contribution in [1.82, 2.24) is 14.3 Å². The van der Waals surface area contributed by atoms with Gasteiger partial charge in [0, 0.05) is 18.9 Å². The summed E-state index contributed by atoms with van der Waals surface area (Å²) < 4.78 is 33.8. The van der Waals surface area contributed by atoms with E-state index in [-0.39, 0.29) is 11.5 Å². The number of oxazole rings is 1. The third-order valence-electron chi connectivity index (χ3n) is 2.90. The first-order valence-electron chi connectivity index (χ1n) is 6.04. The first-order chi connectivity index (χ1) is 9.33. The zero-order valence-corrected chi connectivity index (χ0v) is 12.3. The van der Waals surface area contributed by atoms with Crippen LogP contribution in [0.2, 0.25) is 0 Å². The van der Waals surface area contributed by atoms with Crippen LogP contribution in [0.5, 0.6) is 0 Å². The quantitative estimate of drug-likeness (QED) is 0.853. The van der Waals surface area contributed by atoms with Crippen molar-refractivity contribution in [2.45, 2.75) is 31.4 Å². The van der Waals surface area contributed by atoms with E-state index in [4.69, 9.17) is 9.52 Å². The van der Waals surface area contributed by atoms with Crippen molar-refractivity contribution in [3.05, 3.63) is 35.8 Å². The number of nitrogens with one attached hydrogen (secondary N) is 1. The van der Waals surface area contributed by atoms with Crippen LogP contribution >= 0.6 is 0 Å². The number of hydrogen-bond donors (Lipinski definition) is 2. The molecule has 0 bridgehead atoms. The smallest absolute Gasteiger partial charge is 0.242 e. The molecule has 8 heteroatoms. The average Bonchev–Trinajstić information content (AvgIpc) is 2.95. The zero-order valence-electron chi connectivity index (χ0n) is 11.5. The molecule has 7 nitrogen and oxygen atoms in total. The highest BCUT2D eigenvalue weighted by atomic mass is 32.2. The Hall–Kier alpha value is -1.64. The number of sulfonamides is 1. The molecule has 20 heavy (non-hydrogen) atoms. The minimum Gasteiger partial charge on any atom is -0.444 e. The van der Waals surface area contributed by atoms with Crippen molar-refractivity contribution in [1.29, 1.82) is 0 Å². The minimum atomic E-state index is -3.69. The summed E-state index contributed by atoms with van der Waals surface area (Å²) >= 11 is 0. The molecule has 2 aromatic heterocycles. The van der Waals surface area contributed by atoms with E-state index < -0.39 is 16.1 Å². The van der Waals surface area contributed by atoms with Crippen LogP contribution in [0.1, 0.15) is 30.3 Å². The summed E-state index contributed by atoms with van der Waals surface area (Å²) in [5.74, 6) is 0.928. The van der Waals surface area contributed by atoms with E-state index in [1.54, 1.807) is 25.5 Å². The van der Waals surface area contributed by atoms with Gasteiger partial charge in [-0.1, -0.05) is 0 Å². The van der Waals surface area contributed by atoms with E-state index >= 15 is 0 Å². The van der Waals surface area contributed by atoms with Crippen LogP contribution in [-0.4, -0.2) is 23.1 Å². The molecule has 2 N–H and O–H groups in total. The lowest BCUT2D eigenvalue weighted by Gasteiger charge is -2.09. The third-order valence-corrected chi connectivity index (χ3v) is 4.40. The van der Waals surface area contributed by atoms with Crippen molar-refractivity contribution in [2.75, 3.05) is 0 Å². The molecule has 1 unspecified atom stereocenters. The summed E-state index contributed by atoms with van der Waals surface area (Å²) in [6, 6.07) is 0.849. The summed E-state index contributed by atoms with van der Waals surface area (Å²) in [6.45, 7) is 3.17. The topological polar surface area (TPSA) is 97.4 Å². The van der Waals surface area contributed by atoms with E-state index in [0.29, 0.717) is 17.3 Å². The number of rotatable bonds is 5. The highest BCUT2D eigenvalue weighted by molar-refractivity contribution is 7.89. The Labute approximate surface area is 117 Å². The van der Waals surface area contributed by atoms with Gasteiger partial charge >= 0.3 is 0 Å². The van der Waals surface area contributed by atoms with Crippen molar-refractivity contribution >= 4 is 10.0 Å². The van der Waals surface area contributed by atoms with Gasteiger partial charge in [0.15, 0.2) is 0 Å². The molecule has 0 aliphatic heterocycles. The number of aliphatic hydroxyl groups excluding tert-OH is 1. The van der Waals surface area contributed by atoms with Gasteiger partial charge in [-0.25, -0.2) is 13.4 Å². The number of nitrogens with zero attached hydrogens (tertiary/aromatic N) is 2. The molecule has 0 saturated heterocycles. The van der Waals surface area contributed by atoms with E-state index in [2.05, 4.69) is 9.71 Å². The molecular weight excluding hydrogens is 282 g/mol. The SMILES string of the molecule is Cc1cnc(C(C)NS(=O)(=O)c2cc(CO)n(C)c2)o1. The molecule has 0 radical (unpaired) electrons. The Kier molecular flexibility index (Phi) is 3.98. The van der Waals surface area contributed by atoms with E-state index in [1.807, 2.05) is 0 Å². The van der Waals surface area contributed by atoms with Gasteiger partial charge in [0.2, 0.25) is 15.9 Å². The molecule has 0 saturated carbocycles. The predicted octanol–water partition coefficient (Wildman–Crippen LogP) is 0.853. The Morgan fingerprint density at radius 3 is 2.75 bits per heavy atom. The lowest BCUT2D eigenvalue weighted by molar-refractivity contribution is 0.272. The maximum absolute atomic E-state index is 12.2. The summed E-state index contributed by atoms with van der Waals surface area (Å²) in [5, 5.41) is 9.10. The van der Waals surface area contributed by atoms with Gasteiger partial charge in [0.25, 0.3) is 0 Å². The normalized spacial score (nSPS) is 13.6.